The fourth-order valence-electron chi connectivity index (χ4n) is 3.07. The van der Waals surface area contributed by atoms with E-state index in [1.165, 1.54) is 35.2 Å². The van der Waals surface area contributed by atoms with E-state index in [1.54, 1.807) is 42.7 Å². The normalized spacial score (nSPS) is 12.0. The van der Waals surface area contributed by atoms with E-state index in [2.05, 4.69) is 5.32 Å². The second-order valence-electron chi connectivity index (χ2n) is 6.94. The first-order valence-electron chi connectivity index (χ1n) is 9.19. The number of hydrogen-bond donors (Lipinski definition) is 5. The average Bonchev–Trinajstić information content (AvgIpc) is 3.18. The molecule has 0 aliphatic heterocycles. The molecule has 0 spiro atoms. The maximum absolute atomic E-state index is 13.3. The number of thioether (sulfide) groups is 1. The van der Waals surface area contributed by atoms with Crippen LogP contribution in [0.5, 0.6) is 0 Å². The van der Waals surface area contributed by atoms with E-state index in [0.29, 0.717) is 20.3 Å². The molecule has 0 bridgehead atoms. The molecule has 0 saturated heterocycles. The number of amidine groups is 1. The first-order chi connectivity index (χ1) is 14.9. The van der Waals surface area contributed by atoms with Gasteiger partial charge in [-0.25, -0.2) is 8.42 Å². The Morgan fingerprint density at radius 2 is 1.94 bits per heavy atom. The number of hydrogen-bond acceptors (Lipinski definition) is 7. The minimum Gasteiger partial charge on any atom is -0.383 e. The number of nitrogens with one attached hydrogen (secondary N) is 2. The predicted octanol–water partition coefficient (Wildman–Crippen LogP) is 4.11. The van der Waals surface area contributed by atoms with Crippen molar-refractivity contribution in [2.45, 2.75) is 20.9 Å². The van der Waals surface area contributed by atoms with Gasteiger partial charge in [-0.3, -0.25) is 9.97 Å². The molecule has 12 heteroatoms. The van der Waals surface area contributed by atoms with Gasteiger partial charge in [-0.05, 0) is 60.2 Å². The molecule has 0 saturated carbocycles. The molecule has 3 aromatic rings. The van der Waals surface area contributed by atoms with E-state index in [-0.39, 0.29) is 15.6 Å². The van der Waals surface area contributed by atoms with Crippen molar-refractivity contribution in [3.63, 3.8) is 0 Å². The summed E-state index contributed by atoms with van der Waals surface area (Å²) in [4.78, 5) is 18.7. The van der Waals surface area contributed by atoms with E-state index < -0.39 is 23.7 Å². The highest BCUT2D eigenvalue weighted by Gasteiger charge is 2.25. The SMILES string of the molecule is CSc1sc(C(=N)N)cc1S(=O)(=O)c1cccc(-c2ccc(NCP(=O)(O)O)cc2C)c1. The summed E-state index contributed by atoms with van der Waals surface area (Å²) in [7, 11) is -8.01. The average molecular weight is 512 g/mol. The third-order valence-electron chi connectivity index (χ3n) is 4.58. The second kappa shape index (κ2) is 9.38. The van der Waals surface area contributed by atoms with E-state index in [4.69, 9.17) is 20.9 Å². The fourth-order valence-corrected chi connectivity index (χ4v) is 7.36. The lowest BCUT2D eigenvalue weighted by Gasteiger charge is -2.12. The van der Waals surface area contributed by atoms with Crippen LogP contribution in [0.4, 0.5) is 5.69 Å². The van der Waals surface area contributed by atoms with Gasteiger partial charge >= 0.3 is 7.60 Å². The van der Waals surface area contributed by atoms with Gasteiger partial charge in [0.1, 0.15) is 12.1 Å². The highest BCUT2D eigenvalue weighted by molar-refractivity contribution is 8.01. The van der Waals surface area contributed by atoms with Gasteiger partial charge in [-0.15, -0.1) is 23.1 Å². The molecule has 1 aromatic heterocycles. The highest BCUT2D eigenvalue weighted by atomic mass is 32.2. The van der Waals surface area contributed by atoms with Crippen LogP contribution in [0.1, 0.15) is 10.4 Å². The van der Waals surface area contributed by atoms with Gasteiger partial charge < -0.3 is 20.8 Å². The molecule has 6 N–H and O–H groups in total. The molecular weight excluding hydrogens is 489 g/mol. The number of thiophene rings is 1. The summed E-state index contributed by atoms with van der Waals surface area (Å²) in [6.07, 6.45) is 1.30. The van der Waals surface area contributed by atoms with Crippen LogP contribution in [0, 0.1) is 12.3 Å². The fraction of sp³-hybridized carbons (Fsp3) is 0.150. The molecule has 32 heavy (non-hydrogen) atoms. The minimum absolute atomic E-state index is 0.126. The van der Waals surface area contributed by atoms with Crippen LogP contribution in [0.2, 0.25) is 0 Å². The van der Waals surface area contributed by atoms with Crippen LogP contribution >= 0.6 is 30.7 Å². The molecule has 3 rings (SSSR count). The highest BCUT2D eigenvalue weighted by Crippen LogP contribution is 2.38. The largest absolute Gasteiger partial charge is 0.383 e. The third kappa shape index (κ3) is 5.43. The molecule has 0 unspecified atom stereocenters. The number of nitrogens with two attached hydrogens (primary N) is 1. The summed E-state index contributed by atoms with van der Waals surface area (Å²) < 4.78 is 38.3. The number of sulfone groups is 1. The maximum atomic E-state index is 13.3. The van der Waals surface area contributed by atoms with Gasteiger partial charge in [0.15, 0.2) is 0 Å². The lowest BCUT2D eigenvalue weighted by atomic mass is 10.00. The Balaban J connectivity index is 1.98. The van der Waals surface area contributed by atoms with E-state index in [9.17, 15) is 13.0 Å². The Morgan fingerprint density at radius 1 is 1.22 bits per heavy atom. The van der Waals surface area contributed by atoms with Crippen LogP contribution in [0.3, 0.4) is 0 Å². The van der Waals surface area contributed by atoms with Crippen molar-refractivity contribution in [3.8, 4) is 11.1 Å². The van der Waals surface area contributed by atoms with Crippen LogP contribution in [-0.2, 0) is 14.4 Å². The molecule has 2 aromatic carbocycles. The maximum Gasteiger partial charge on any atom is 0.344 e. The van der Waals surface area contributed by atoms with Crippen molar-refractivity contribution in [1.29, 1.82) is 5.41 Å². The van der Waals surface area contributed by atoms with E-state index >= 15 is 0 Å². The van der Waals surface area contributed by atoms with Crippen LogP contribution in [-0.4, -0.2) is 36.6 Å². The van der Waals surface area contributed by atoms with Gasteiger partial charge in [0, 0.05) is 5.69 Å². The number of aryl methyl sites for hydroxylation is 1. The van der Waals surface area contributed by atoms with Crippen LogP contribution < -0.4 is 11.1 Å². The molecule has 0 aliphatic carbocycles. The van der Waals surface area contributed by atoms with Gasteiger partial charge in [0.2, 0.25) is 9.84 Å². The van der Waals surface area contributed by atoms with Crippen molar-refractivity contribution in [2.75, 3.05) is 17.9 Å². The number of nitrogen functional groups attached to an aromatic ring is 1. The Hall–Kier alpha value is -2.14. The molecule has 1 heterocycles. The van der Waals surface area contributed by atoms with Crippen molar-refractivity contribution in [2.24, 2.45) is 5.73 Å². The van der Waals surface area contributed by atoms with Crippen molar-refractivity contribution in [3.05, 3.63) is 59.0 Å². The van der Waals surface area contributed by atoms with Gasteiger partial charge in [-0.2, -0.15) is 0 Å². The van der Waals surface area contributed by atoms with E-state index in [1.807, 2.05) is 6.92 Å². The Bertz CT molecular complexity index is 1330. The molecule has 0 aliphatic rings. The molecule has 0 atom stereocenters. The molecular formula is C20H22N3O5PS3. The predicted molar refractivity (Wildman–Crippen MR) is 130 cm³/mol. The van der Waals surface area contributed by atoms with Gasteiger partial charge in [0.05, 0.1) is 18.9 Å². The molecule has 8 nitrogen and oxygen atoms in total. The van der Waals surface area contributed by atoms with Crippen molar-refractivity contribution in [1.82, 2.24) is 0 Å². The molecule has 0 amide bonds. The van der Waals surface area contributed by atoms with Crippen LogP contribution in [0.15, 0.2) is 62.5 Å². The number of rotatable bonds is 8. The lowest BCUT2D eigenvalue weighted by molar-refractivity contribution is 0.375. The topological polar surface area (TPSA) is 154 Å². The zero-order chi connectivity index (χ0) is 23.7. The van der Waals surface area contributed by atoms with Crippen LogP contribution in [0.25, 0.3) is 11.1 Å². The van der Waals surface area contributed by atoms with E-state index in [0.717, 1.165) is 11.1 Å². The van der Waals surface area contributed by atoms with Gasteiger partial charge in [-0.1, -0.05) is 18.2 Å². The summed E-state index contributed by atoms with van der Waals surface area (Å²) in [5.41, 5.74) is 8.40. The first kappa shape index (κ1) is 24.5. The van der Waals surface area contributed by atoms with Crippen molar-refractivity contribution < 1.29 is 22.8 Å². The zero-order valence-corrected chi connectivity index (χ0v) is 20.5. The summed E-state index contributed by atoms with van der Waals surface area (Å²) in [5.74, 6) is -0.177. The summed E-state index contributed by atoms with van der Waals surface area (Å²) >= 11 is 2.46. The molecule has 0 radical (unpaired) electrons. The van der Waals surface area contributed by atoms with Gasteiger partial charge in [0.25, 0.3) is 0 Å². The summed E-state index contributed by atoms with van der Waals surface area (Å²) in [5, 5.41) is 10.3. The molecule has 170 valence electrons. The first-order valence-corrected chi connectivity index (χ1v) is 14.5. The summed E-state index contributed by atoms with van der Waals surface area (Å²) in [6.45, 7) is 1.84. The minimum atomic E-state index is -4.18. The standard InChI is InChI=1S/C20H22N3O5PS3/c1-12-8-14(23-11-29(24,25)26)6-7-16(12)13-4-3-5-15(9-13)32(27,28)18-10-17(19(21)22)31-20(18)30-2/h3-10,23H,11H2,1-2H3,(H3,21,22)(H2,24,25,26). The number of benzene rings is 2. The zero-order valence-electron chi connectivity index (χ0n) is 17.2. The lowest BCUT2D eigenvalue weighted by Crippen LogP contribution is -2.08. The summed E-state index contributed by atoms with van der Waals surface area (Å²) in [6, 6.07) is 13.2. The Morgan fingerprint density at radius 3 is 2.53 bits per heavy atom. The quantitative estimate of drug-likeness (QED) is 0.131. The monoisotopic (exact) mass is 511 g/mol. The Kier molecular flexibility index (Phi) is 7.18. The Labute approximate surface area is 194 Å². The number of anilines is 1. The molecule has 0 fully saturated rings. The van der Waals surface area contributed by atoms with Crippen molar-refractivity contribution >= 4 is 52.1 Å². The third-order valence-corrected chi connectivity index (χ3v) is 9.49. The smallest absolute Gasteiger partial charge is 0.344 e. The second-order valence-corrected chi connectivity index (χ2v) is 12.6.